The van der Waals surface area contributed by atoms with Crippen LogP contribution >= 0.6 is 0 Å². The first-order valence-electron chi connectivity index (χ1n) is 6.35. The summed E-state index contributed by atoms with van der Waals surface area (Å²) in [4.78, 5) is 11.3. The number of aliphatic hydroxyl groups excluding tert-OH is 1. The van der Waals surface area contributed by atoms with Crippen LogP contribution in [-0.4, -0.2) is 24.3 Å². The molecule has 1 N–H and O–H groups in total. The van der Waals surface area contributed by atoms with Gasteiger partial charge in [0.2, 0.25) is 0 Å². The fourth-order valence-electron chi connectivity index (χ4n) is 1.63. The fraction of sp³-hybridized carbons (Fsp3) is 0.312. The monoisotopic (exact) mass is 260 g/mol. The summed E-state index contributed by atoms with van der Waals surface area (Å²) in [5.41, 5.74) is 2.92. The van der Waals surface area contributed by atoms with Crippen LogP contribution in [0.2, 0.25) is 0 Å². The molecule has 0 radical (unpaired) electrons. The fourth-order valence-corrected chi connectivity index (χ4v) is 1.63. The maximum atomic E-state index is 11.3. The normalized spacial score (nSPS) is 12.4. The van der Waals surface area contributed by atoms with Gasteiger partial charge in [-0.2, -0.15) is 0 Å². The Bertz CT molecular complexity index is 458. The lowest BCUT2D eigenvalue weighted by Crippen LogP contribution is -2.01. The first-order chi connectivity index (χ1) is 9.17. The molecule has 0 fully saturated rings. The molecule has 19 heavy (non-hydrogen) atoms. The number of hydrogen-bond acceptors (Lipinski definition) is 3. The van der Waals surface area contributed by atoms with Crippen LogP contribution in [0, 0.1) is 0 Å². The molecule has 0 atom stereocenters. The summed E-state index contributed by atoms with van der Waals surface area (Å²) in [6, 6.07) is 9.93. The van der Waals surface area contributed by atoms with Crippen molar-refractivity contribution < 1.29 is 14.6 Å². The van der Waals surface area contributed by atoms with E-state index in [1.807, 2.05) is 37.3 Å². The van der Waals surface area contributed by atoms with Gasteiger partial charge in [0.05, 0.1) is 13.2 Å². The second kappa shape index (κ2) is 8.27. The molecule has 0 unspecified atom stereocenters. The molecule has 0 aliphatic heterocycles. The molecule has 0 heterocycles. The number of esters is 1. The summed E-state index contributed by atoms with van der Waals surface area (Å²) >= 11 is 0. The van der Waals surface area contributed by atoms with Gasteiger partial charge in [0.25, 0.3) is 0 Å². The molecule has 0 amide bonds. The van der Waals surface area contributed by atoms with Gasteiger partial charge in [0, 0.05) is 6.08 Å². The first kappa shape index (κ1) is 15.2. The molecule has 0 aliphatic carbocycles. The van der Waals surface area contributed by atoms with E-state index in [0.717, 1.165) is 16.7 Å². The van der Waals surface area contributed by atoms with E-state index in [2.05, 4.69) is 0 Å². The molecule has 0 spiro atoms. The summed E-state index contributed by atoms with van der Waals surface area (Å²) < 4.78 is 4.85. The van der Waals surface area contributed by atoms with Crippen molar-refractivity contribution in [3.63, 3.8) is 0 Å². The van der Waals surface area contributed by atoms with Crippen LogP contribution in [0.15, 0.2) is 53.6 Å². The second-order valence-corrected chi connectivity index (χ2v) is 4.21. The number of rotatable bonds is 6. The number of allylic oxidation sites excluding steroid dienone is 2. The number of hydrogen-bond donors (Lipinski definition) is 1. The van der Waals surface area contributed by atoms with Gasteiger partial charge < -0.3 is 9.84 Å². The van der Waals surface area contributed by atoms with E-state index in [9.17, 15) is 9.90 Å². The molecular formula is C16H20O3. The maximum Gasteiger partial charge on any atom is 0.330 e. The Morgan fingerprint density at radius 1 is 1.26 bits per heavy atom. The Kier molecular flexibility index (Phi) is 6.61. The third kappa shape index (κ3) is 5.53. The van der Waals surface area contributed by atoms with Gasteiger partial charge in [-0.15, -0.1) is 0 Å². The van der Waals surface area contributed by atoms with Gasteiger partial charge in [0.1, 0.15) is 0 Å². The van der Waals surface area contributed by atoms with E-state index < -0.39 is 0 Å². The predicted octanol–water partition coefficient (Wildman–Crippen LogP) is 2.66. The van der Waals surface area contributed by atoms with Crippen LogP contribution in [-0.2, 0) is 16.0 Å². The molecule has 0 bridgehead atoms. The van der Waals surface area contributed by atoms with Crippen LogP contribution in [0.4, 0.5) is 0 Å². The molecular weight excluding hydrogens is 240 g/mol. The molecule has 0 aromatic heterocycles. The van der Waals surface area contributed by atoms with E-state index in [1.54, 1.807) is 13.0 Å². The lowest BCUT2D eigenvalue weighted by Gasteiger charge is -2.07. The van der Waals surface area contributed by atoms with Crippen molar-refractivity contribution in [3.8, 4) is 0 Å². The Balaban J connectivity index is 2.83. The van der Waals surface area contributed by atoms with Gasteiger partial charge >= 0.3 is 5.97 Å². The third-order valence-electron chi connectivity index (χ3n) is 2.73. The van der Waals surface area contributed by atoms with Crippen LogP contribution in [0.25, 0.3) is 0 Å². The summed E-state index contributed by atoms with van der Waals surface area (Å²) in [7, 11) is 0. The van der Waals surface area contributed by atoms with Crippen molar-refractivity contribution in [3.05, 3.63) is 59.2 Å². The number of benzene rings is 1. The Morgan fingerprint density at radius 2 is 1.95 bits per heavy atom. The van der Waals surface area contributed by atoms with Crippen molar-refractivity contribution in [1.82, 2.24) is 0 Å². The minimum Gasteiger partial charge on any atom is -0.463 e. The summed E-state index contributed by atoms with van der Waals surface area (Å²) in [6.07, 6.45) is 3.81. The van der Waals surface area contributed by atoms with Gasteiger partial charge in [-0.3, -0.25) is 0 Å². The smallest absolute Gasteiger partial charge is 0.330 e. The Morgan fingerprint density at radius 3 is 2.53 bits per heavy atom. The molecule has 0 saturated carbocycles. The topological polar surface area (TPSA) is 46.5 Å². The minimum atomic E-state index is -0.362. The van der Waals surface area contributed by atoms with E-state index >= 15 is 0 Å². The molecule has 102 valence electrons. The quantitative estimate of drug-likeness (QED) is 0.486. The lowest BCUT2D eigenvalue weighted by molar-refractivity contribution is -0.137. The minimum absolute atomic E-state index is 0.0185. The molecule has 1 rings (SSSR count). The highest BCUT2D eigenvalue weighted by Crippen LogP contribution is 2.13. The average Bonchev–Trinajstić information content (AvgIpc) is 2.44. The van der Waals surface area contributed by atoms with Gasteiger partial charge in [0.15, 0.2) is 0 Å². The van der Waals surface area contributed by atoms with Crippen molar-refractivity contribution in [2.45, 2.75) is 20.3 Å². The van der Waals surface area contributed by atoms with Crippen LogP contribution in [0.3, 0.4) is 0 Å². The van der Waals surface area contributed by atoms with E-state index in [4.69, 9.17) is 4.74 Å². The molecule has 3 nitrogen and oxygen atoms in total. The number of carbonyl (C=O) groups is 1. The standard InChI is InChI=1S/C16H20O3/c1-3-19-16(18)10-9-15(13(2)12-17)11-14-7-5-4-6-8-14/h4-10,17H,3,11-12H2,1-2H3/b10-9+,15-13-. The SMILES string of the molecule is CCOC(=O)/C=C/C(Cc1ccccc1)=C(\C)CO. The van der Waals surface area contributed by atoms with Crippen LogP contribution in [0.1, 0.15) is 19.4 Å². The average molecular weight is 260 g/mol. The summed E-state index contributed by atoms with van der Waals surface area (Å²) in [5.74, 6) is -0.362. The maximum absolute atomic E-state index is 11.3. The number of aliphatic hydroxyl groups is 1. The highest BCUT2D eigenvalue weighted by molar-refractivity contribution is 5.82. The van der Waals surface area contributed by atoms with Gasteiger partial charge in [-0.05, 0) is 37.0 Å². The van der Waals surface area contributed by atoms with E-state index in [1.165, 1.54) is 6.08 Å². The first-order valence-corrected chi connectivity index (χ1v) is 6.35. The highest BCUT2D eigenvalue weighted by atomic mass is 16.5. The molecule has 0 aliphatic rings. The van der Waals surface area contributed by atoms with Gasteiger partial charge in [-0.25, -0.2) is 4.79 Å². The zero-order chi connectivity index (χ0) is 14.1. The van der Waals surface area contributed by atoms with E-state index in [-0.39, 0.29) is 12.6 Å². The van der Waals surface area contributed by atoms with Crippen molar-refractivity contribution in [2.75, 3.05) is 13.2 Å². The van der Waals surface area contributed by atoms with Crippen molar-refractivity contribution in [2.24, 2.45) is 0 Å². The summed E-state index contributed by atoms with van der Waals surface area (Å²) in [6.45, 7) is 3.97. The van der Waals surface area contributed by atoms with Gasteiger partial charge in [-0.1, -0.05) is 36.4 Å². The molecule has 0 saturated heterocycles. The lowest BCUT2D eigenvalue weighted by atomic mass is 10.0. The molecule has 1 aromatic rings. The molecule has 1 aromatic carbocycles. The van der Waals surface area contributed by atoms with E-state index in [0.29, 0.717) is 13.0 Å². The zero-order valence-electron chi connectivity index (χ0n) is 11.4. The Hall–Kier alpha value is -1.87. The van der Waals surface area contributed by atoms with Crippen LogP contribution in [0.5, 0.6) is 0 Å². The summed E-state index contributed by atoms with van der Waals surface area (Å²) in [5, 5.41) is 9.24. The highest BCUT2D eigenvalue weighted by Gasteiger charge is 2.02. The number of carbonyl (C=O) groups excluding carboxylic acids is 1. The number of ether oxygens (including phenoxy) is 1. The Labute approximate surface area is 114 Å². The largest absolute Gasteiger partial charge is 0.463 e. The second-order valence-electron chi connectivity index (χ2n) is 4.21. The van der Waals surface area contributed by atoms with Crippen molar-refractivity contribution >= 4 is 5.97 Å². The van der Waals surface area contributed by atoms with Crippen molar-refractivity contribution in [1.29, 1.82) is 0 Å². The third-order valence-corrected chi connectivity index (χ3v) is 2.73. The molecule has 3 heteroatoms. The predicted molar refractivity (Wildman–Crippen MR) is 75.7 cm³/mol. The zero-order valence-corrected chi connectivity index (χ0v) is 11.4. The van der Waals surface area contributed by atoms with Crippen LogP contribution < -0.4 is 0 Å².